The van der Waals surface area contributed by atoms with Crippen LogP contribution in [0.25, 0.3) is 99.3 Å². The van der Waals surface area contributed by atoms with Gasteiger partial charge >= 0.3 is 0 Å². The molecule has 0 atom stereocenters. The molecular formula is C51H34N4. The van der Waals surface area contributed by atoms with Crippen molar-refractivity contribution in [1.29, 1.82) is 0 Å². The van der Waals surface area contributed by atoms with E-state index in [4.69, 9.17) is 9.97 Å². The first-order chi connectivity index (χ1) is 27.1. The van der Waals surface area contributed by atoms with Crippen molar-refractivity contribution in [3.63, 3.8) is 0 Å². The van der Waals surface area contributed by atoms with Gasteiger partial charge in [0, 0.05) is 43.3 Å². The van der Waals surface area contributed by atoms with Crippen LogP contribution in [0.1, 0.15) is 25.0 Å². The summed E-state index contributed by atoms with van der Waals surface area (Å²) in [6.07, 6.45) is 0. The van der Waals surface area contributed by atoms with Gasteiger partial charge in [-0.15, -0.1) is 0 Å². The quantitative estimate of drug-likeness (QED) is 0.172. The summed E-state index contributed by atoms with van der Waals surface area (Å²) in [7, 11) is 0. The van der Waals surface area contributed by atoms with Gasteiger partial charge in [-0.3, -0.25) is 4.57 Å². The predicted molar refractivity (Wildman–Crippen MR) is 229 cm³/mol. The minimum Gasteiger partial charge on any atom is -0.309 e. The number of aromatic nitrogens is 4. The summed E-state index contributed by atoms with van der Waals surface area (Å²) in [5.41, 5.74) is 13.8. The number of hydrogen-bond donors (Lipinski definition) is 0. The first kappa shape index (κ1) is 30.4. The average Bonchev–Trinajstić information content (AvgIpc) is 3.84. The minimum atomic E-state index is -0.0728. The molecule has 3 aromatic heterocycles. The Morgan fingerprint density at radius 2 is 1.05 bits per heavy atom. The number of para-hydroxylation sites is 3. The van der Waals surface area contributed by atoms with Gasteiger partial charge in [-0.25, -0.2) is 9.97 Å². The van der Waals surface area contributed by atoms with Gasteiger partial charge in [-0.1, -0.05) is 141 Å². The van der Waals surface area contributed by atoms with Gasteiger partial charge in [0.2, 0.25) is 5.95 Å². The highest BCUT2D eigenvalue weighted by Gasteiger charge is 2.35. The van der Waals surface area contributed by atoms with Crippen LogP contribution in [0, 0.1) is 0 Å². The molecule has 55 heavy (non-hydrogen) atoms. The molecule has 3 heterocycles. The number of hydrogen-bond acceptors (Lipinski definition) is 2. The number of nitrogens with zero attached hydrogens (tertiary/aromatic N) is 4. The number of benzene rings is 8. The zero-order valence-corrected chi connectivity index (χ0v) is 30.5. The Bertz CT molecular complexity index is 3360. The van der Waals surface area contributed by atoms with Crippen molar-refractivity contribution in [3.05, 3.63) is 181 Å². The summed E-state index contributed by atoms with van der Waals surface area (Å²) in [6.45, 7) is 4.66. The SMILES string of the molecule is CC1(C)c2ccccc2-c2cc(-c3nc(-n4c5ccccc5c5c(-n6c7ccccc7c7ccccc76)cccc54)nc4c3ccc3ccccc34)ccc21. The van der Waals surface area contributed by atoms with Crippen LogP contribution >= 0.6 is 0 Å². The average molecular weight is 703 g/mol. The molecule has 0 saturated heterocycles. The van der Waals surface area contributed by atoms with E-state index in [1.807, 2.05) is 0 Å². The molecule has 0 N–H and O–H groups in total. The van der Waals surface area contributed by atoms with Crippen LogP contribution in [-0.4, -0.2) is 19.1 Å². The van der Waals surface area contributed by atoms with Crippen molar-refractivity contribution in [2.45, 2.75) is 19.3 Å². The van der Waals surface area contributed by atoms with Crippen LogP contribution in [-0.2, 0) is 5.41 Å². The highest BCUT2D eigenvalue weighted by molar-refractivity contribution is 6.17. The Morgan fingerprint density at radius 1 is 0.436 bits per heavy atom. The van der Waals surface area contributed by atoms with E-state index in [1.165, 1.54) is 49.4 Å². The molecule has 12 rings (SSSR count). The van der Waals surface area contributed by atoms with E-state index >= 15 is 0 Å². The summed E-state index contributed by atoms with van der Waals surface area (Å²) in [5, 5.41) is 8.14. The highest BCUT2D eigenvalue weighted by atomic mass is 15.2. The second-order valence-electron chi connectivity index (χ2n) is 15.4. The first-order valence-corrected chi connectivity index (χ1v) is 19.0. The van der Waals surface area contributed by atoms with Gasteiger partial charge in [0.1, 0.15) is 0 Å². The van der Waals surface area contributed by atoms with Gasteiger partial charge in [-0.05, 0) is 70.1 Å². The van der Waals surface area contributed by atoms with Crippen LogP contribution in [0.15, 0.2) is 170 Å². The Kier molecular flexibility index (Phi) is 6.09. The summed E-state index contributed by atoms with van der Waals surface area (Å²) in [5.74, 6) is 0.658. The zero-order valence-electron chi connectivity index (χ0n) is 30.5. The Labute approximate surface area is 317 Å². The van der Waals surface area contributed by atoms with E-state index in [0.717, 1.165) is 55.0 Å². The summed E-state index contributed by atoms with van der Waals surface area (Å²) >= 11 is 0. The lowest BCUT2D eigenvalue weighted by Crippen LogP contribution is -2.14. The molecule has 0 fully saturated rings. The van der Waals surface area contributed by atoms with Crippen molar-refractivity contribution >= 4 is 65.3 Å². The Morgan fingerprint density at radius 3 is 1.84 bits per heavy atom. The second-order valence-corrected chi connectivity index (χ2v) is 15.4. The third kappa shape index (κ3) is 4.11. The fourth-order valence-electron chi connectivity index (χ4n) is 9.62. The normalized spacial score (nSPS) is 13.4. The summed E-state index contributed by atoms with van der Waals surface area (Å²) in [6, 6.07) is 61.5. The lowest BCUT2D eigenvalue weighted by atomic mass is 9.82. The van der Waals surface area contributed by atoms with Crippen LogP contribution in [0.5, 0.6) is 0 Å². The van der Waals surface area contributed by atoms with E-state index in [0.29, 0.717) is 5.95 Å². The van der Waals surface area contributed by atoms with E-state index in [1.54, 1.807) is 0 Å². The molecule has 0 aliphatic heterocycles. The van der Waals surface area contributed by atoms with Crippen molar-refractivity contribution in [1.82, 2.24) is 19.1 Å². The molecule has 0 spiro atoms. The van der Waals surface area contributed by atoms with E-state index < -0.39 is 0 Å². The molecule has 0 bridgehead atoms. The lowest BCUT2D eigenvalue weighted by molar-refractivity contribution is 0.660. The van der Waals surface area contributed by atoms with Gasteiger partial charge in [0.15, 0.2) is 0 Å². The lowest BCUT2D eigenvalue weighted by Gasteiger charge is -2.21. The van der Waals surface area contributed by atoms with E-state index in [2.05, 4.69) is 193 Å². The maximum atomic E-state index is 5.58. The molecule has 0 radical (unpaired) electrons. The fourth-order valence-corrected chi connectivity index (χ4v) is 9.62. The number of fused-ring (bicyclic) bond motifs is 12. The molecule has 0 unspecified atom stereocenters. The van der Waals surface area contributed by atoms with Gasteiger partial charge in [-0.2, -0.15) is 0 Å². The van der Waals surface area contributed by atoms with Crippen molar-refractivity contribution < 1.29 is 0 Å². The molecule has 4 heteroatoms. The molecule has 0 saturated carbocycles. The molecule has 1 aliphatic carbocycles. The molecule has 8 aromatic carbocycles. The van der Waals surface area contributed by atoms with Crippen LogP contribution in [0.2, 0.25) is 0 Å². The number of rotatable bonds is 3. The smallest absolute Gasteiger partial charge is 0.235 e. The zero-order chi connectivity index (χ0) is 36.4. The minimum absolute atomic E-state index is 0.0728. The Hall–Kier alpha value is -7.04. The second kappa shape index (κ2) is 11.0. The fraction of sp³-hybridized carbons (Fsp3) is 0.0588. The summed E-state index contributed by atoms with van der Waals surface area (Å²) in [4.78, 5) is 11.1. The summed E-state index contributed by atoms with van der Waals surface area (Å²) < 4.78 is 4.70. The van der Waals surface area contributed by atoms with E-state index in [9.17, 15) is 0 Å². The van der Waals surface area contributed by atoms with Crippen molar-refractivity contribution in [2.75, 3.05) is 0 Å². The van der Waals surface area contributed by atoms with Crippen LogP contribution < -0.4 is 0 Å². The molecule has 4 nitrogen and oxygen atoms in total. The monoisotopic (exact) mass is 702 g/mol. The molecule has 0 amide bonds. The van der Waals surface area contributed by atoms with Crippen LogP contribution in [0.4, 0.5) is 0 Å². The van der Waals surface area contributed by atoms with Gasteiger partial charge < -0.3 is 4.57 Å². The standard InChI is InChI=1S/C51H34N4/c1-51(2)40-20-9-5-16-34(40)39-30-32(27-29-41(39)51)48-38-28-26-31-14-3-4-15-33(31)49(38)53-50(52-48)55-44-23-12-8-19-37(44)47-45(24-13-25-46(47)55)54-42-21-10-6-17-35(42)36-18-7-11-22-43(36)54/h3-30H,1-2H3. The van der Waals surface area contributed by atoms with Gasteiger partial charge in [0.25, 0.3) is 0 Å². The first-order valence-electron chi connectivity index (χ1n) is 19.0. The maximum Gasteiger partial charge on any atom is 0.235 e. The molecule has 11 aromatic rings. The third-order valence-electron chi connectivity index (χ3n) is 12.1. The molecular weight excluding hydrogens is 669 g/mol. The Balaban J connectivity index is 1.18. The third-order valence-corrected chi connectivity index (χ3v) is 12.1. The maximum absolute atomic E-state index is 5.58. The molecule has 1 aliphatic rings. The van der Waals surface area contributed by atoms with Crippen LogP contribution in [0.3, 0.4) is 0 Å². The van der Waals surface area contributed by atoms with Crippen molar-refractivity contribution in [3.8, 4) is 34.0 Å². The predicted octanol–water partition coefficient (Wildman–Crippen LogP) is 13.0. The topological polar surface area (TPSA) is 35.6 Å². The largest absolute Gasteiger partial charge is 0.309 e. The molecule has 258 valence electrons. The van der Waals surface area contributed by atoms with E-state index in [-0.39, 0.29) is 5.41 Å². The van der Waals surface area contributed by atoms with Crippen molar-refractivity contribution in [2.24, 2.45) is 0 Å². The highest BCUT2D eigenvalue weighted by Crippen LogP contribution is 2.50. The van der Waals surface area contributed by atoms with Gasteiger partial charge in [0.05, 0.1) is 39.0 Å².